The molecule has 0 aromatic heterocycles. The van der Waals surface area contributed by atoms with Crippen LogP contribution in [0.25, 0.3) is 0 Å². The summed E-state index contributed by atoms with van der Waals surface area (Å²) < 4.78 is 13.2. The van der Waals surface area contributed by atoms with Gasteiger partial charge in [0.2, 0.25) is 5.91 Å². The smallest absolute Gasteiger partial charge is 0.220 e. The summed E-state index contributed by atoms with van der Waals surface area (Å²) in [6, 6.07) is 4.76. The molecule has 160 valence electrons. The van der Waals surface area contributed by atoms with E-state index >= 15 is 0 Å². The van der Waals surface area contributed by atoms with Gasteiger partial charge in [-0.15, -0.1) is 24.8 Å². The molecule has 2 saturated heterocycles. The van der Waals surface area contributed by atoms with Gasteiger partial charge < -0.3 is 10.6 Å². The fraction of sp³-hybridized carbons (Fsp3) is 0.650. The zero-order valence-electron chi connectivity index (χ0n) is 16.1. The monoisotopic (exact) mass is 453 g/mol. The molecular weight excluding hydrogens is 424 g/mol. The van der Waals surface area contributed by atoms with Crippen molar-refractivity contribution in [2.75, 3.05) is 26.2 Å². The standard InChI is InChI=1S/C20H29ClFN3O.2ClH/c21-19-12-17(22)5-4-16(19)13-25-11-1-2-18(14-25)24-20(26)6-3-15-7-9-23-10-8-15;;/h4-5,12,15,18,23H,1-3,6-11,13-14H2,(H,24,26);2*1H. The highest BCUT2D eigenvalue weighted by Crippen LogP contribution is 2.22. The first-order chi connectivity index (χ1) is 12.6. The van der Waals surface area contributed by atoms with E-state index in [0.717, 1.165) is 51.0 Å². The van der Waals surface area contributed by atoms with Crippen LogP contribution >= 0.6 is 36.4 Å². The Hall–Kier alpha value is -0.590. The van der Waals surface area contributed by atoms with Crippen LogP contribution in [0, 0.1) is 11.7 Å². The maximum Gasteiger partial charge on any atom is 0.220 e. The second-order valence-corrected chi connectivity index (χ2v) is 8.02. The minimum Gasteiger partial charge on any atom is -0.352 e. The van der Waals surface area contributed by atoms with E-state index in [1.807, 2.05) is 0 Å². The molecule has 8 heteroatoms. The number of carbonyl (C=O) groups is 1. The summed E-state index contributed by atoms with van der Waals surface area (Å²) >= 11 is 6.14. The number of likely N-dealkylation sites (tertiary alicyclic amines) is 1. The number of piperidine rings is 2. The van der Waals surface area contributed by atoms with Crippen molar-refractivity contribution in [3.63, 3.8) is 0 Å². The Balaban J connectivity index is 0.00000196. The predicted molar refractivity (Wildman–Crippen MR) is 117 cm³/mol. The molecule has 4 nitrogen and oxygen atoms in total. The van der Waals surface area contributed by atoms with Crippen molar-refractivity contribution in [2.45, 2.75) is 51.1 Å². The van der Waals surface area contributed by atoms with Gasteiger partial charge in [0.25, 0.3) is 0 Å². The van der Waals surface area contributed by atoms with Crippen LogP contribution in [-0.2, 0) is 11.3 Å². The summed E-state index contributed by atoms with van der Waals surface area (Å²) in [5.74, 6) is 0.553. The van der Waals surface area contributed by atoms with E-state index in [1.165, 1.54) is 25.0 Å². The lowest BCUT2D eigenvalue weighted by molar-refractivity contribution is -0.122. The Morgan fingerprint density at radius 3 is 2.71 bits per heavy atom. The summed E-state index contributed by atoms with van der Waals surface area (Å²) in [6.45, 7) is 4.66. The van der Waals surface area contributed by atoms with Crippen molar-refractivity contribution < 1.29 is 9.18 Å². The van der Waals surface area contributed by atoms with E-state index in [2.05, 4.69) is 15.5 Å². The van der Waals surface area contributed by atoms with E-state index in [0.29, 0.717) is 23.9 Å². The number of nitrogens with one attached hydrogen (secondary N) is 2. The highest BCUT2D eigenvalue weighted by Gasteiger charge is 2.22. The summed E-state index contributed by atoms with van der Waals surface area (Å²) in [5, 5.41) is 7.04. The van der Waals surface area contributed by atoms with Crippen LogP contribution in [0.1, 0.15) is 44.1 Å². The van der Waals surface area contributed by atoms with Gasteiger partial charge in [-0.1, -0.05) is 17.7 Å². The van der Waals surface area contributed by atoms with Crippen LogP contribution in [-0.4, -0.2) is 43.0 Å². The third-order valence-electron chi connectivity index (χ3n) is 5.52. The fourth-order valence-corrected chi connectivity index (χ4v) is 4.24. The number of hydrogen-bond donors (Lipinski definition) is 2. The second-order valence-electron chi connectivity index (χ2n) is 7.61. The van der Waals surface area contributed by atoms with Crippen molar-refractivity contribution in [1.82, 2.24) is 15.5 Å². The van der Waals surface area contributed by atoms with Gasteiger partial charge in [0.05, 0.1) is 0 Å². The van der Waals surface area contributed by atoms with Gasteiger partial charge in [-0.25, -0.2) is 4.39 Å². The van der Waals surface area contributed by atoms with Crippen LogP contribution < -0.4 is 10.6 Å². The number of amides is 1. The zero-order chi connectivity index (χ0) is 18.4. The molecule has 0 aliphatic carbocycles. The lowest BCUT2D eigenvalue weighted by Gasteiger charge is -2.33. The maximum atomic E-state index is 13.2. The molecule has 1 aromatic carbocycles. The normalized spacial score (nSPS) is 20.7. The van der Waals surface area contributed by atoms with Gasteiger partial charge >= 0.3 is 0 Å². The van der Waals surface area contributed by atoms with E-state index < -0.39 is 0 Å². The Kier molecular flexibility index (Phi) is 11.7. The summed E-state index contributed by atoms with van der Waals surface area (Å²) in [4.78, 5) is 14.6. The lowest BCUT2D eigenvalue weighted by atomic mass is 9.93. The van der Waals surface area contributed by atoms with Crippen LogP contribution in [0.4, 0.5) is 4.39 Å². The third kappa shape index (κ3) is 8.03. The minimum absolute atomic E-state index is 0. The quantitative estimate of drug-likeness (QED) is 0.677. The van der Waals surface area contributed by atoms with Gasteiger partial charge in [0, 0.05) is 30.6 Å². The van der Waals surface area contributed by atoms with Gasteiger partial charge in [0.1, 0.15) is 5.82 Å². The Bertz CT molecular complexity index is 614. The average molecular weight is 455 g/mol. The van der Waals surface area contributed by atoms with Crippen molar-refractivity contribution in [2.24, 2.45) is 5.92 Å². The molecule has 0 saturated carbocycles. The maximum absolute atomic E-state index is 13.2. The van der Waals surface area contributed by atoms with Crippen molar-refractivity contribution in [3.05, 3.63) is 34.6 Å². The van der Waals surface area contributed by atoms with Gasteiger partial charge in [-0.2, -0.15) is 0 Å². The number of hydrogen-bond acceptors (Lipinski definition) is 3. The van der Waals surface area contributed by atoms with Crippen LogP contribution in [0.5, 0.6) is 0 Å². The molecule has 0 spiro atoms. The van der Waals surface area contributed by atoms with E-state index in [-0.39, 0.29) is 42.6 Å². The lowest BCUT2D eigenvalue weighted by Crippen LogP contribution is -2.47. The first kappa shape index (κ1) is 25.4. The molecule has 2 fully saturated rings. The zero-order valence-corrected chi connectivity index (χ0v) is 18.5. The van der Waals surface area contributed by atoms with Crippen LogP contribution in [0.15, 0.2) is 18.2 Å². The molecule has 0 bridgehead atoms. The molecule has 28 heavy (non-hydrogen) atoms. The molecule has 0 radical (unpaired) electrons. The first-order valence-electron chi connectivity index (χ1n) is 9.76. The number of halogens is 4. The molecule has 2 aliphatic heterocycles. The molecule has 1 amide bonds. The average Bonchev–Trinajstić information content (AvgIpc) is 2.64. The molecule has 1 atom stereocenters. The summed E-state index contributed by atoms with van der Waals surface area (Å²) in [5.41, 5.74) is 0.936. The van der Waals surface area contributed by atoms with Crippen molar-refractivity contribution in [1.29, 1.82) is 0 Å². The highest BCUT2D eigenvalue weighted by atomic mass is 35.5. The molecule has 3 rings (SSSR count). The molecular formula is C20H31Cl3FN3O. The molecule has 2 heterocycles. The molecule has 2 aliphatic rings. The van der Waals surface area contributed by atoms with Gasteiger partial charge in [-0.05, 0) is 75.4 Å². The van der Waals surface area contributed by atoms with Crippen molar-refractivity contribution >= 4 is 42.3 Å². The Morgan fingerprint density at radius 2 is 2.00 bits per heavy atom. The molecule has 1 aromatic rings. The summed E-state index contributed by atoms with van der Waals surface area (Å²) in [7, 11) is 0. The third-order valence-corrected chi connectivity index (χ3v) is 5.87. The van der Waals surface area contributed by atoms with E-state index in [9.17, 15) is 9.18 Å². The second kappa shape index (κ2) is 12.9. The number of nitrogens with zero attached hydrogens (tertiary/aromatic N) is 1. The SMILES string of the molecule is Cl.Cl.O=C(CCC1CCNCC1)NC1CCCN(Cc2ccc(F)cc2Cl)C1. The van der Waals surface area contributed by atoms with E-state index in [1.54, 1.807) is 6.07 Å². The number of rotatable bonds is 6. The van der Waals surface area contributed by atoms with Crippen LogP contribution in [0.2, 0.25) is 5.02 Å². The predicted octanol–water partition coefficient (Wildman–Crippen LogP) is 4.18. The largest absolute Gasteiger partial charge is 0.352 e. The van der Waals surface area contributed by atoms with Gasteiger partial charge in [-0.3, -0.25) is 9.69 Å². The molecule has 1 unspecified atom stereocenters. The van der Waals surface area contributed by atoms with Crippen LogP contribution in [0.3, 0.4) is 0 Å². The molecule has 2 N–H and O–H groups in total. The topological polar surface area (TPSA) is 44.4 Å². The number of benzene rings is 1. The summed E-state index contributed by atoms with van der Waals surface area (Å²) in [6.07, 6.45) is 6.07. The van der Waals surface area contributed by atoms with E-state index in [4.69, 9.17) is 11.6 Å². The Morgan fingerprint density at radius 1 is 1.25 bits per heavy atom. The first-order valence-corrected chi connectivity index (χ1v) is 10.1. The van der Waals surface area contributed by atoms with Gasteiger partial charge in [0.15, 0.2) is 0 Å². The minimum atomic E-state index is -0.309. The van der Waals surface area contributed by atoms with Crippen molar-refractivity contribution in [3.8, 4) is 0 Å². The number of carbonyl (C=O) groups excluding carboxylic acids is 1. The Labute approximate surface area is 184 Å². The highest BCUT2D eigenvalue weighted by molar-refractivity contribution is 6.31. The fourth-order valence-electron chi connectivity index (χ4n) is 4.01.